The lowest BCUT2D eigenvalue weighted by Gasteiger charge is -2.33. The second-order valence-corrected chi connectivity index (χ2v) is 5.28. The summed E-state index contributed by atoms with van der Waals surface area (Å²) in [6, 6.07) is 9.27. The highest BCUT2D eigenvalue weighted by Crippen LogP contribution is 2.23. The van der Waals surface area contributed by atoms with Crippen LogP contribution in [-0.4, -0.2) is 30.3 Å². The van der Waals surface area contributed by atoms with E-state index in [1.54, 1.807) is 0 Å². The topological polar surface area (TPSA) is 58.6 Å². The van der Waals surface area contributed by atoms with E-state index in [2.05, 4.69) is 12.2 Å². The SMILES string of the molecule is CCCCOCC(NC(C)C)(C(=O)O)c1ccccc1. The van der Waals surface area contributed by atoms with Crippen molar-refractivity contribution in [3.63, 3.8) is 0 Å². The molecule has 0 aromatic heterocycles. The smallest absolute Gasteiger partial charge is 0.331 e. The molecule has 2 N–H and O–H groups in total. The first-order chi connectivity index (χ1) is 9.53. The van der Waals surface area contributed by atoms with Crippen LogP contribution in [0.1, 0.15) is 39.2 Å². The fourth-order valence-corrected chi connectivity index (χ4v) is 2.14. The summed E-state index contributed by atoms with van der Waals surface area (Å²) in [5, 5.41) is 12.9. The quantitative estimate of drug-likeness (QED) is 0.682. The molecule has 0 heterocycles. The fourth-order valence-electron chi connectivity index (χ4n) is 2.14. The van der Waals surface area contributed by atoms with Crippen molar-refractivity contribution in [2.75, 3.05) is 13.2 Å². The maximum absolute atomic E-state index is 11.9. The third-order valence-corrected chi connectivity index (χ3v) is 3.13. The van der Waals surface area contributed by atoms with Crippen LogP contribution >= 0.6 is 0 Å². The van der Waals surface area contributed by atoms with Crippen LogP contribution in [0.2, 0.25) is 0 Å². The predicted molar refractivity (Wildman–Crippen MR) is 79.8 cm³/mol. The number of ether oxygens (including phenoxy) is 1. The first kappa shape index (κ1) is 16.7. The predicted octanol–water partition coefficient (Wildman–Crippen LogP) is 2.78. The van der Waals surface area contributed by atoms with Crippen LogP contribution in [0.15, 0.2) is 30.3 Å². The number of carboxylic acids is 1. The maximum atomic E-state index is 11.9. The number of benzene rings is 1. The molecule has 0 saturated heterocycles. The summed E-state index contributed by atoms with van der Waals surface area (Å²) in [5.41, 5.74) is -0.471. The molecule has 0 fully saturated rings. The van der Waals surface area contributed by atoms with Gasteiger partial charge in [0, 0.05) is 12.6 Å². The van der Waals surface area contributed by atoms with Gasteiger partial charge in [-0.15, -0.1) is 0 Å². The van der Waals surface area contributed by atoms with Gasteiger partial charge in [0.1, 0.15) is 0 Å². The van der Waals surface area contributed by atoms with Crippen LogP contribution in [0, 0.1) is 0 Å². The monoisotopic (exact) mass is 279 g/mol. The van der Waals surface area contributed by atoms with Gasteiger partial charge in [0.2, 0.25) is 0 Å². The highest BCUT2D eigenvalue weighted by Gasteiger charge is 2.41. The lowest BCUT2D eigenvalue weighted by molar-refractivity contribution is -0.149. The Morgan fingerprint density at radius 2 is 2.00 bits per heavy atom. The van der Waals surface area contributed by atoms with Gasteiger partial charge in [0.05, 0.1) is 6.61 Å². The van der Waals surface area contributed by atoms with E-state index in [1.807, 2.05) is 44.2 Å². The fraction of sp³-hybridized carbons (Fsp3) is 0.562. The molecule has 112 valence electrons. The van der Waals surface area contributed by atoms with Crippen molar-refractivity contribution >= 4 is 5.97 Å². The molecule has 0 aliphatic heterocycles. The normalized spacial score (nSPS) is 14.2. The van der Waals surface area contributed by atoms with Gasteiger partial charge < -0.3 is 9.84 Å². The van der Waals surface area contributed by atoms with Crippen molar-refractivity contribution in [2.24, 2.45) is 0 Å². The van der Waals surface area contributed by atoms with E-state index in [1.165, 1.54) is 0 Å². The van der Waals surface area contributed by atoms with Gasteiger partial charge in [-0.05, 0) is 25.8 Å². The lowest BCUT2D eigenvalue weighted by Crippen LogP contribution is -2.55. The van der Waals surface area contributed by atoms with Gasteiger partial charge >= 0.3 is 5.97 Å². The number of nitrogens with one attached hydrogen (secondary N) is 1. The zero-order chi connectivity index (χ0) is 15.0. The highest BCUT2D eigenvalue weighted by molar-refractivity contribution is 5.81. The maximum Gasteiger partial charge on any atom is 0.331 e. The van der Waals surface area contributed by atoms with Crippen molar-refractivity contribution in [2.45, 2.75) is 45.2 Å². The molecule has 1 aromatic rings. The number of carboxylic acid groups (broad SMARTS) is 1. The summed E-state index contributed by atoms with van der Waals surface area (Å²) in [4.78, 5) is 11.9. The van der Waals surface area contributed by atoms with Crippen LogP contribution in [0.25, 0.3) is 0 Å². The molecule has 1 aromatic carbocycles. The van der Waals surface area contributed by atoms with Gasteiger partial charge in [-0.1, -0.05) is 43.7 Å². The molecular weight excluding hydrogens is 254 g/mol. The van der Waals surface area contributed by atoms with E-state index >= 15 is 0 Å². The number of carbonyl (C=O) groups is 1. The first-order valence-corrected chi connectivity index (χ1v) is 7.17. The molecule has 0 radical (unpaired) electrons. The number of rotatable bonds is 9. The van der Waals surface area contributed by atoms with E-state index in [9.17, 15) is 9.90 Å². The summed E-state index contributed by atoms with van der Waals surface area (Å²) < 4.78 is 5.61. The first-order valence-electron chi connectivity index (χ1n) is 7.17. The minimum Gasteiger partial charge on any atom is -0.480 e. The van der Waals surface area contributed by atoms with Gasteiger partial charge in [0.15, 0.2) is 5.54 Å². The molecule has 0 aliphatic carbocycles. The van der Waals surface area contributed by atoms with E-state index in [4.69, 9.17) is 4.74 Å². The van der Waals surface area contributed by atoms with Crippen molar-refractivity contribution in [1.29, 1.82) is 0 Å². The standard InChI is InChI=1S/C16H25NO3/c1-4-5-11-20-12-16(15(18)19,17-13(2)3)14-9-7-6-8-10-14/h6-10,13,17H,4-5,11-12H2,1-3H3,(H,18,19). The van der Waals surface area contributed by atoms with Gasteiger partial charge in [0.25, 0.3) is 0 Å². The number of unbranched alkanes of at least 4 members (excludes halogenated alkanes) is 1. The van der Waals surface area contributed by atoms with Crippen LogP contribution in [0.5, 0.6) is 0 Å². The Morgan fingerprint density at radius 1 is 1.35 bits per heavy atom. The minimum absolute atomic E-state index is 0.0427. The number of aliphatic carboxylic acids is 1. The zero-order valence-electron chi connectivity index (χ0n) is 12.6. The lowest BCUT2D eigenvalue weighted by atomic mass is 9.90. The van der Waals surface area contributed by atoms with Gasteiger partial charge in [-0.2, -0.15) is 0 Å². The Bertz CT molecular complexity index is 405. The number of hydrogen-bond acceptors (Lipinski definition) is 3. The van der Waals surface area contributed by atoms with Crippen molar-refractivity contribution < 1.29 is 14.6 Å². The van der Waals surface area contributed by atoms with E-state index < -0.39 is 11.5 Å². The Morgan fingerprint density at radius 3 is 2.50 bits per heavy atom. The highest BCUT2D eigenvalue weighted by atomic mass is 16.5. The molecule has 4 heteroatoms. The average molecular weight is 279 g/mol. The Balaban J connectivity index is 2.99. The molecule has 0 aliphatic rings. The summed E-state index contributed by atoms with van der Waals surface area (Å²) in [7, 11) is 0. The van der Waals surface area contributed by atoms with E-state index in [-0.39, 0.29) is 12.6 Å². The minimum atomic E-state index is -1.19. The summed E-state index contributed by atoms with van der Waals surface area (Å²) in [5.74, 6) is -0.908. The van der Waals surface area contributed by atoms with Crippen LogP contribution < -0.4 is 5.32 Å². The van der Waals surface area contributed by atoms with Crippen LogP contribution in [-0.2, 0) is 15.1 Å². The van der Waals surface area contributed by atoms with Crippen molar-refractivity contribution in [3.05, 3.63) is 35.9 Å². The largest absolute Gasteiger partial charge is 0.480 e. The molecule has 1 rings (SSSR count). The summed E-state index contributed by atoms with van der Waals surface area (Å²) >= 11 is 0. The average Bonchev–Trinajstić information content (AvgIpc) is 2.42. The second kappa shape index (κ2) is 8.02. The summed E-state index contributed by atoms with van der Waals surface area (Å²) in [6.45, 7) is 6.67. The van der Waals surface area contributed by atoms with E-state index in [0.717, 1.165) is 18.4 Å². The van der Waals surface area contributed by atoms with Gasteiger partial charge in [-0.3, -0.25) is 5.32 Å². The Hall–Kier alpha value is -1.39. The third-order valence-electron chi connectivity index (χ3n) is 3.13. The third kappa shape index (κ3) is 4.32. The zero-order valence-corrected chi connectivity index (χ0v) is 12.6. The number of hydrogen-bond donors (Lipinski definition) is 2. The molecule has 0 spiro atoms. The molecule has 20 heavy (non-hydrogen) atoms. The summed E-state index contributed by atoms with van der Waals surface area (Å²) in [6.07, 6.45) is 1.97. The van der Waals surface area contributed by atoms with Crippen molar-refractivity contribution in [1.82, 2.24) is 5.32 Å². The second-order valence-electron chi connectivity index (χ2n) is 5.28. The Labute approximate surface area is 121 Å². The molecule has 4 nitrogen and oxygen atoms in total. The van der Waals surface area contributed by atoms with Gasteiger partial charge in [-0.25, -0.2) is 4.79 Å². The molecule has 1 unspecified atom stereocenters. The molecule has 0 bridgehead atoms. The molecule has 0 amide bonds. The molecular formula is C16H25NO3. The van der Waals surface area contributed by atoms with Crippen molar-refractivity contribution in [3.8, 4) is 0 Å². The van der Waals surface area contributed by atoms with Crippen LogP contribution in [0.3, 0.4) is 0 Å². The van der Waals surface area contributed by atoms with Crippen LogP contribution in [0.4, 0.5) is 0 Å². The van der Waals surface area contributed by atoms with E-state index in [0.29, 0.717) is 6.61 Å². The molecule has 1 atom stereocenters. The Kier molecular flexibility index (Phi) is 6.68. The molecule has 0 saturated carbocycles.